The van der Waals surface area contributed by atoms with E-state index in [-0.39, 0.29) is 12.9 Å². The lowest BCUT2D eigenvalue weighted by molar-refractivity contribution is -0.299. The van der Waals surface area contributed by atoms with Crippen LogP contribution >= 0.6 is 0 Å². The Balaban J connectivity index is 2.36. The standard InChI is InChI=1S/C25H40O6Si/c1-18(2)32(19(3)4,20(5)6)29-16-23-24(28-17-27-7)22(14-11-15-26)30-25(31-23)21-12-9-8-10-13-21/h8-15,18-20,22-25H,16-17H2,1-7H3/b14-11+/t22-,23+,24-,25-/m0/s1. The summed E-state index contributed by atoms with van der Waals surface area (Å²) in [7, 11) is -0.526. The Morgan fingerprint density at radius 2 is 1.62 bits per heavy atom. The fourth-order valence-electron chi connectivity index (χ4n) is 4.99. The Bertz CT molecular complexity index is 684. The topological polar surface area (TPSA) is 63.2 Å². The summed E-state index contributed by atoms with van der Waals surface area (Å²) < 4.78 is 30.6. The molecule has 180 valence electrons. The van der Waals surface area contributed by atoms with E-state index in [1.165, 1.54) is 6.08 Å². The summed E-state index contributed by atoms with van der Waals surface area (Å²) in [6, 6.07) is 9.79. The van der Waals surface area contributed by atoms with Crippen LogP contribution in [0.5, 0.6) is 0 Å². The first kappa shape index (κ1) is 26.9. The molecule has 1 saturated heterocycles. The zero-order valence-corrected chi connectivity index (χ0v) is 21.5. The molecule has 4 atom stereocenters. The number of hydrogen-bond donors (Lipinski definition) is 0. The zero-order valence-electron chi connectivity index (χ0n) is 20.5. The largest absolute Gasteiger partial charge is 0.413 e. The molecular weight excluding hydrogens is 424 g/mol. The van der Waals surface area contributed by atoms with E-state index in [9.17, 15) is 4.79 Å². The van der Waals surface area contributed by atoms with Crippen molar-refractivity contribution >= 4 is 14.6 Å². The van der Waals surface area contributed by atoms with Crippen molar-refractivity contribution in [2.45, 2.75) is 82.8 Å². The molecule has 0 saturated carbocycles. The lowest BCUT2D eigenvalue weighted by Crippen LogP contribution is -2.54. The van der Waals surface area contributed by atoms with Gasteiger partial charge in [-0.3, -0.25) is 4.79 Å². The Kier molecular flexibility index (Phi) is 10.7. The third-order valence-corrected chi connectivity index (χ3v) is 12.4. The van der Waals surface area contributed by atoms with Gasteiger partial charge in [-0.15, -0.1) is 0 Å². The second-order valence-electron chi connectivity index (χ2n) is 9.21. The van der Waals surface area contributed by atoms with Gasteiger partial charge in [0, 0.05) is 12.7 Å². The van der Waals surface area contributed by atoms with E-state index in [1.807, 2.05) is 30.3 Å². The lowest BCUT2D eigenvalue weighted by atomic mass is 10.0. The maximum atomic E-state index is 11.0. The molecular formula is C25H40O6Si. The summed E-state index contributed by atoms with van der Waals surface area (Å²) >= 11 is 0. The molecule has 0 unspecified atom stereocenters. The maximum Gasteiger partial charge on any atom is 0.200 e. The van der Waals surface area contributed by atoms with Crippen molar-refractivity contribution in [1.29, 1.82) is 0 Å². The van der Waals surface area contributed by atoms with Crippen LogP contribution in [0.15, 0.2) is 42.5 Å². The number of methoxy groups -OCH3 is 1. The van der Waals surface area contributed by atoms with Gasteiger partial charge in [0.25, 0.3) is 0 Å². The highest BCUT2D eigenvalue weighted by Crippen LogP contribution is 2.43. The first-order valence-corrected chi connectivity index (χ1v) is 13.6. The van der Waals surface area contributed by atoms with Crippen molar-refractivity contribution in [1.82, 2.24) is 0 Å². The Hall–Kier alpha value is -1.35. The molecule has 7 heteroatoms. The van der Waals surface area contributed by atoms with E-state index in [0.717, 1.165) is 11.8 Å². The average molecular weight is 465 g/mol. The smallest absolute Gasteiger partial charge is 0.200 e. The second kappa shape index (κ2) is 12.8. The Labute approximate surface area is 194 Å². The van der Waals surface area contributed by atoms with Crippen LogP contribution in [0, 0.1) is 0 Å². The van der Waals surface area contributed by atoms with Crippen LogP contribution in [0.3, 0.4) is 0 Å². The first-order chi connectivity index (χ1) is 15.3. The molecule has 0 radical (unpaired) electrons. The lowest BCUT2D eigenvalue weighted by Gasteiger charge is -2.45. The van der Waals surface area contributed by atoms with Gasteiger partial charge < -0.3 is 23.4 Å². The molecule has 1 heterocycles. The normalized spacial score (nSPS) is 24.7. The molecule has 0 aromatic heterocycles. The highest BCUT2D eigenvalue weighted by atomic mass is 28.4. The number of ether oxygens (including phenoxy) is 4. The molecule has 1 aromatic rings. The van der Waals surface area contributed by atoms with Gasteiger partial charge >= 0.3 is 0 Å². The molecule has 1 aliphatic heterocycles. The number of carbonyl (C=O) groups excluding carboxylic acids is 1. The van der Waals surface area contributed by atoms with Crippen LogP contribution in [0.2, 0.25) is 16.6 Å². The molecule has 2 rings (SSSR count). The quantitative estimate of drug-likeness (QED) is 0.178. The van der Waals surface area contributed by atoms with Gasteiger partial charge in [0.2, 0.25) is 0 Å². The van der Waals surface area contributed by atoms with Crippen molar-refractivity contribution in [3.05, 3.63) is 48.0 Å². The monoisotopic (exact) mass is 464 g/mol. The van der Waals surface area contributed by atoms with Crippen LogP contribution in [-0.2, 0) is 28.2 Å². The van der Waals surface area contributed by atoms with Gasteiger partial charge in [-0.25, -0.2) is 0 Å². The number of aldehydes is 1. The van der Waals surface area contributed by atoms with E-state index >= 15 is 0 Å². The first-order valence-electron chi connectivity index (χ1n) is 11.5. The fourth-order valence-corrected chi connectivity index (χ4v) is 10.4. The van der Waals surface area contributed by atoms with Crippen LogP contribution in [-0.4, -0.2) is 53.4 Å². The average Bonchev–Trinajstić information content (AvgIpc) is 2.76. The van der Waals surface area contributed by atoms with Gasteiger partial charge in [0.1, 0.15) is 31.4 Å². The van der Waals surface area contributed by atoms with Gasteiger partial charge in [0.05, 0.1) is 6.61 Å². The van der Waals surface area contributed by atoms with Crippen molar-refractivity contribution in [3.8, 4) is 0 Å². The van der Waals surface area contributed by atoms with E-state index < -0.39 is 26.8 Å². The zero-order chi connectivity index (χ0) is 23.7. The predicted molar refractivity (Wildman–Crippen MR) is 128 cm³/mol. The Morgan fingerprint density at radius 3 is 2.16 bits per heavy atom. The van der Waals surface area contributed by atoms with Crippen molar-refractivity contribution in [3.63, 3.8) is 0 Å². The third kappa shape index (κ3) is 6.37. The van der Waals surface area contributed by atoms with Crippen LogP contribution < -0.4 is 0 Å². The van der Waals surface area contributed by atoms with Crippen molar-refractivity contribution < 1.29 is 28.2 Å². The van der Waals surface area contributed by atoms with Crippen LogP contribution in [0.4, 0.5) is 0 Å². The van der Waals surface area contributed by atoms with Gasteiger partial charge in [-0.1, -0.05) is 71.9 Å². The molecule has 32 heavy (non-hydrogen) atoms. The highest BCUT2D eigenvalue weighted by Gasteiger charge is 2.47. The van der Waals surface area contributed by atoms with Crippen molar-refractivity contribution in [2.24, 2.45) is 0 Å². The summed E-state index contributed by atoms with van der Waals surface area (Å²) in [6.45, 7) is 14.1. The second-order valence-corrected chi connectivity index (χ2v) is 14.7. The van der Waals surface area contributed by atoms with Crippen molar-refractivity contribution in [2.75, 3.05) is 20.5 Å². The molecule has 1 aliphatic rings. The third-order valence-electron chi connectivity index (χ3n) is 6.30. The van der Waals surface area contributed by atoms with Crippen LogP contribution in [0.1, 0.15) is 53.4 Å². The summed E-state index contributed by atoms with van der Waals surface area (Å²) in [5, 5.41) is 0. The minimum Gasteiger partial charge on any atom is -0.413 e. The van der Waals surface area contributed by atoms with Gasteiger partial charge in [-0.05, 0) is 28.8 Å². The number of hydrogen-bond acceptors (Lipinski definition) is 6. The molecule has 1 fully saturated rings. The summed E-state index contributed by atoms with van der Waals surface area (Å²) in [5.41, 5.74) is 2.27. The maximum absolute atomic E-state index is 11.0. The number of allylic oxidation sites excluding steroid dienone is 1. The number of carbonyl (C=O) groups is 1. The molecule has 0 spiro atoms. The van der Waals surface area contributed by atoms with Gasteiger partial charge in [0.15, 0.2) is 14.6 Å². The molecule has 6 nitrogen and oxygen atoms in total. The molecule has 0 N–H and O–H groups in total. The minimum atomic E-state index is -2.10. The minimum absolute atomic E-state index is 0.0937. The van der Waals surface area contributed by atoms with E-state index in [0.29, 0.717) is 23.2 Å². The fraction of sp³-hybridized carbons (Fsp3) is 0.640. The van der Waals surface area contributed by atoms with E-state index in [2.05, 4.69) is 41.5 Å². The predicted octanol–water partition coefficient (Wildman–Crippen LogP) is 5.41. The number of rotatable bonds is 12. The summed E-state index contributed by atoms with van der Waals surface area (Å²) in [6.07, 6.45) is 1.99. The molecule has 0 amide bonds. The highest BCUT2D eigenvalue weighted by molar-refractivity contribution is 6.77. The molecule has 0 bridgehead atoms. The van der Waals surface area contributed by atoms with E-state index in [1.54, 1.807) is 13.2 Å². The van der Waals surface area contributed by atoms with Crippen LogP contribution in [0.25, 0.3) is 0 Å². The SMILES string of the molecule is COCO[C@H]1[C@H](/C=C/C=O)O[C@H](c2ccccc2)O[C@@H]1CO[Si](C(C)C)(C(C)C)C(C)C. The van der Waals surface area contributed by atoms with E-state index in [4.69, 9.17) is 23.4 Å². The van der Waals surface area contributed by atoms with Gasteiger partial charge in [-0.2, -0.15) is 0 Å². The Morgan fingerprint density at radius 1 is 1.00 bits per heavy atom. The number of benzene rings is 1. The molecule has 0 aliphatic carbocycles. The summed E-state index contributed by atoms with van der Waals surface area (Å²) in [4.78, 5) is 11.0. The summed E-state index contributed by atoms with van der Waals surface area (Å²) in [5.74, 6) is 0. The molecule has 1 aromatic carbocycles.